The molecule has 7 nitrogen and oxygen atoms in total. The summed E-state index contributed by atoms with van der Waals surface area (Å²) >= 11 is 0. The Morgan fingerprint density at radius 2 is 1.83 bits per heavy atom. The summed E-state index contributed by atoms with van der Waals surface area (Å²) in [5, 5.41) is 3.18. The van der Waals surface area contributed by atoms with Crippen LogP contribution >= 0.6 is 0 Å². The van der Waals surface area contributed by atoms with E-state index >= 15 is 0 Å². The maximum Gasteiger partial charge on any atom is 0.242 e. The highest BCUT2D eigenvalue weighted by molar-refractivity contribution is 5.87. The molecule has 1 aromatic rings. The van der Waals surface area contributed by atoms with Gasteiger partial charge in [0, 0.05) is 45.8 Å². The average Bonchev–Trinajstić information content (AvgIpc) is 3.41. The Labute approximate surface area is 214 Å². The molecular weight excluding hydrogens is 459 g/mol. The molecule has 3 N–H and O–H groups in total. The summed E-state index contributed by atoms with van der Waals surface area (Å²) in [4.78, 5) is 29.9. The van der Waals surface area contributed by atoms with Crippen LogP contribution in [0, 0.1) is 17.7 Å². The third-order valence-corrected chi connectivity index (χ3v) is 8.42. The second-order valence-corrected chi connectivity index (χ2v) is 11.0. The molecule has 2 saturated heterocycles. The van der Waals surface area contributed by atoms with Crippen LogP contribution in [0.25, 0.3) is 0 Å². The predicted octanol–water partition coefficient (Wildman–Crippen LogP) is 3.07. The lowest BCUT2D eigenvalue weighted by molar-refractivity contribution is -0.142. The number of hydrogen-bond donors (Lipinski definition) is 2. The zero-order chi connectivity index (χ0) is 25.5. The van der Waals surface area contributed by atoms with Gasteiger partial charge in [0.15, 0.2) is 0 Å². The lowest BCUT2D eigenvalue weighted by Gasteiger charge is -2.43. The normalized spacial score (nSPS) is 28.9. The summed E-state index contributed by atoms with van der Waals surface area (Å²) in [5.74, 6) is 0.750. The van der Waals surface area contributed by atoms with Crippen molar-refractivity contribution in [1.29, 1.82) is 0 Å². The second-order valence-electron chi connectivity index (χ2n) is 11.0. The molecule has 0 radical (unpaired) electrons. The van der Waals surface area contributed by atoms with Crippen molar-refractivity contribution in [2.75, 3.05) is 32.8 Å². The molecule has 3 atom stereocenters. The number of hydrogen-bond acceptors (Lipinski definition) is 5. The first-order chi connectivity index (χ1) is 17.4. The van der Waals surface area contributed by atoms with E-state index in [9.17, 15) is 14.0 Å². The standard InChI is InChI=1S/C28H43FN4O3/c1-20(34)33-13-12-25(15-27(33)28(35)31-17-22-6-4-21(16-30)5-7-22)32(19-26-3-2-14-36-26)18-23-8-10-24(29)11-9-23/h8-11,21-22,25-27H,2-7,12-19,30H2,1H3,(H,31,35)/t21?,22?,25?,26?,27-/m1/s1. The number of nitrogens with two attached hydrogens (primary N) is 1. The van der Waals surface area contributed by atoms with Gasteiger partial charge in [-0.25, -0.2) is 4.39 Å². The van der Waals surface area contributed by atoms with Gasteiger partial charge in [-0.15, -0.1) is 0 Å². The molecule has 2 amide bonds. The zero-order valence-corrected chi connectivity index (χ0v) is 21.7. The zero-order valence-electron chi connectivity index (χ0n) is 21.7. The summed E-state index contributed by atoms with van der Waals surface area (Å²) in [6.45, 7) is 5.76. The van der Waals surface area contributed by atoms with Crippen molar-refractivity contribution >= 4 is 11.8 Å². The van der Waals surface area contributed by atoms with Gasteiger partial charge in [0.1, 0.15) is 11.9 Å². The second kappa shape index (κ2) is 13.0. The molecule has 3 fully saturated rings. The van der Waals surface area contributed by atoms with Crippen molar-refractivity contribution in [3.63, 3.8) is 0 Å². The lowest BCUT2D eigenvalue weighted by Crippen LogP contribution is -2.57. The van der Waals surface area contributed by atoms with Crippen molar-refractivity contribution in [3.05, 3.63) is 35.6 Å². The highest BCUT2D eigenvalue weighted by Crippen LogP contribution is 2.29. The van der Waals surface area contributed by atoms with Crippen LogP contribution in [0.5, 0.6) is 0 Å². The van der Waals surface area contributed by atoms with Gasteiger partial charge >= 0.3 is 0 Å². The van der Waals surface area contributed by atoms with Crippen molar-refractivity contribution in [2.45, 2.75) is 83.0 Å². The van der Waals surface area contributed by atoms with E-state index in [1.807, 2.05) is 12.1 Å². The number of halogens is 1. The molecule has 1 aromatic carbocycles. The summed E-state index contributed by atoms with van der Waals surface area (Å²) in [6, 6.07) is 6.32. The van der Waals surface area contributed by atoms with Crippen LogP contribution < -0.4 is 11.1 Å². The van der Waals surface area contributed by atoms with Crippen molar-refractivity contribution in [2.24, 2.45) is 17.6 Å². The molecule has 0 spiro atoms. The topological polar surface area (TPSA) is 87.9 Å². The minimum absolute atomic E-state index is 0.0466. The fraction of sp³-hybridized carbons (Fsp3) is 0.714. The Morgan fingerprint density at radius 3 is 2.47 bits per heavy atom. The summed E-state index contributed by atoms with van der Waals surface area (Å²) < 4.78 is 19.4. The molecule has 0 bridgehead atoms. The number of likely N-dealkylation sites (tertiary alicyclic amines) is 1. The number of carbonyl (C=O) groups is 2. The number of rotatable bonds is 9. The van der Waals surface area contributed by atoms with E-state index in [0.29, 0.717) is 37.9 Å². The average molecular weight is 503 g/mol. The first kappa shape index (κ1) is 27.0. The monoisotopic (exact) mass is 502 g/mol. The van der Waals surface area contributed by atoms with Crippen LogP contribution in [-0.4, -0.2) is 72.6 Å². The van der Waals surface area contributed by atoms with E-state index in [1.54, 1.807) is 11.8 Å². The summed E-state index contributed by atoms with van der Waals surface area (Å²) in [5.41, 5.74) is 6.86. The minimum atomic E-state index is -0.471. The molecule has 1 saturated carbocycles. The molecule has 4 rings (SSSR count). The maximum atomic E-state index is 13.5. The Balaban J connectivity index is 1.41. The van der Waals surface area contributed by atoms with Gasteiger partial charge in [-0.05, 0) is 87.4 Å². The van der Waals surface area contributed by atoms with Crippen LogP contribution in [-0.2, 0) is 20.9 Å². The molecule has 8 heteroatoms. The quantitative estimate of drug-likeness (QED) is 0.542. The molecule has 2 unspecified atom stereocenters. The molecular formula is C28H43FN4O3. The Morgan fingerprint density at radius 1 is 1.11 bits per heavy atom. The van der Waals surface area contributed by atoms with Gasteiger partial charge in [-0.3, -0.25) is 14.5 Å². The molecule has 200 valence electrons. The van der Waals surface area contributed by atoms with E-state index in [1.165, 1.54) is 12.1 Å². The fourth-order valence-corrected chi connectivity index (χ4v) is 6.15. The van der Waals surface area contributed by atoms with Crippen LogP contribution in [0.4, 0.5) is 4.39 Å². The molecule has 0 aromatic heterocycles. The van der Waals surface area contributed by atoms with E-state index < -0.39 is 6.04 Å². The Kier molecular flexibility index (Phi) is 9.73. The van der Waals surface area contributed by atoms with E-state index in [-0.39, 0.29) is 29.8 Å². The van der Waals surface area contributed by atoms with Gasteiger partial charge < -0.3 is 20.7 Å². The van der Waals surface area contributed by atoms with Gasteiger partial charge in [0.25, 0.3) is 0 Å². The third kappa shape index (κ3) is 7.26. The smallest absolute Gasteiger partial charge is 0.242 e. The SMILES string of the molecule is CC(=O)N1CCC(N(Cc2ccc(F)cc2)CC2CCCO2)C[C@@H]1C(=O)NCC1CCC(CN)CC1. The summed E-state index contributed by atoms with van der Waals surface area (Å²) in [6.07, 6.45) is 8.12. The van der Waals surface area contributed by atoms with Crippen molar-refractivity contribution in [3.8, 4) is 0 Å². The summed E-state index contributed by atoms with van der Waals surface area (Å²) in [7, 11) is 0. The number of piperidine rings is 1. The Bertz CT molecular complexity index is 853. The number of nitrogens with one attached hydrogen (secondary N) is 1. The van der Waals surface area contributed by atoms with Crippen LogP contribution in [0.15, 0.2) is 24.3 Å². The largest absolute Gasteiger partial charge is 0.377 e. The molecule has 3 aliphatic rings. The van der Waals surface area contributed by atoms with Crippen molar-refractivity contribution < 1.29 is 18.7 Å². The van der Waals surface area contributed by atoms with Crippen LogP contribution in [0.2, 0.25) is 0 Å². The first-order valence-corrected chi connectivity index (χ1v) is 13.8. The van der Waals surface area contributed by atoms with Gasteiger partial charge in [0.05, 0.1) is 6.10 Å². The van der Waals surface area contributed by atoms with E-state index in [0.717, 1.165) is 70.2 Å². The van der Waals surface area contributed by atoms with Gasteiger partial charge in [-0.2, -0.15) is 0 Å². The maximum absolute atomic E-state index is 13.5. The van der Waals surface area contributed by atoms with Gasteiger partial charge in [-0.1, -0.05) is 12.1 Å². The number of amides is 2. The number of nitrogens with zero attached hydrogens (tertiary/aromatic N) is 2. The molecule has 2 aliphatic heterocycles. The highest BCUT2D eigenvalue weighted by Gasteiger charge is 2.38. The van der Waals surface area contributed by atoms with E-state index in [2.05, 4.69) is 10.2 Å². The van der Waals surface area contributed by atoms with Crippen LogP contribution in [0.3, 0.4) is 0 Å². The fourth-order valence-electron chi connectivity index (χ4n) is 6.15. The first-order valence-electron chi connectivity index (χ1n) is 13.8. The third-order valence-electron chi connectivity index (χ3n) is 8.42. The minimum Gasteiger partial charge on any atom is -0.377 e. The van der Waals surface area contributed by atoms with E-state index in [4.69, 9.17) is 10.5 Å². The Hall–Kier alpha value is -2.03. The number of benzene rings is 1. The number of ether oxygens (including phenoxy) is 1. The lowest BCUT2D eigenvalue weighted by atomic mass is 9.82. The number of carbonyl (C=O) groups excluding carboxylic acids is 2. The van der Waals surface area contributed by atoms with Crippen molar-refractivity contribution in [1.82, 2.24) is 15.1 Å². The molecule has 2 heterocycles. The van der Waals surface area contributed by atoms with Gasteiger partial charge in [0.2, 0.25) is 11.8 Å². The molecule has 1 aliphatic carbocycles. The molecule has 36 heavy (non-hydrogen) atoms. The predicted molar refractivity (Wildman–Crippen MR) is 137 cm³/mol. The van der Waals surface area contributed by atoms with Crippen LogP contribution in [0.1, 0.15) is 63.9 Å². The highest BCUT2D eigenvalue weighted by atomic mass is 19.1.